The molecule has 0 spiro atoms. The molecule has 2 saturated carbocycles. The summed E-state index contributed by atoms with van der Waals surface area (Å²) in [4.78, 5) is 12.6. The minimum Gasteiger partial charge on any atom is -0.294 e. The number of rotatable bonds is 5. The zero-order chi connectivity index (χ0) is 20.2. The Morgan fingerprint density at radius 2 is 1.90 bits per heavy atom. The minimum absolute atomic E-state index is 0.0442. The first-order valence-electron chi connectivity index (χ1n) is 9.79. The van der Waals surface area contributed by atoms with E-state index in [9.17, 15) is 13.2 Å². The molecular formula is C21H21ClN2O3S2. The van der Waals surface area contributed by atoms with Gasteiger partial charge < -0.3 is 0 Å². The van der Waals surface area contributed by atoms with Crippen molar-refractivity contribution in [1.82, 2.24) is 9.29 Å². The van der Waals surface area contributed by atoms with Gasteiger partial charge in [0.25, 0.3) is 0 Å². The molecule has 0 unspecified atom stereocenters. The molecule has 1 heterocycles. The Bertz CT molecular complexity index is 1230. The van der Waals surface area contributed by atoms with Crippen LogP contribution in [0, 0.1) is 11.8 Å². The van der Waals surface area contributed by atoms with Crippen LogP contribution in [0.4, 0.5) is 0 Å². The maximum Gasteiger partial charge on any atom is 0.308 e. The summed E-state index contributed by atoms with van der Waals surface area (Å²) in [5.74, 6) is 1.14. The molecular weight excluding hydrogens is 428 g/mol. The number of nitrogens with zero attached hydrogens (tertiary/aromatic N) is 1. The fraction of sp³-hybridized carbons (Fsp3) is 0.381. The lowest BCUT2D eigenvalue weighted by molar-refractivity contribution is 0.390. The molecule has 1 N–H and O–H groups in total. The van der Waals surface area contributed by atoms with E-state index in [1.807, 2.05) is 12.1 Å². The molecule has 2 bridgehead atoms. The van der Waals surface area contributed by atoms with Crippen molar-refractivity contribution in [3.63, 3.8) is 0 Å². The largest absolute Gasteiger partial charge is 0.308 e. The van der Waals surface area contributed by atoms with Gasteiger partial charge in [-0.05, 0) is 67.0 Å². The highest BCUT2D eigenvalue weighted by Crippen LogP contribution is 2.44. The van der Waals surface area contributed by atoms with Gasteiger partial charge in [0.2, 0.25) is 10.0 Å². The van der Waals surface area contributed by atoms with E-state index in [0.29, 0.717) is 28.1 Å². The molecule has 152 valence electrons. The number of sulfonamides is 1. The predicted molar refractivity (Wildman–Crippen MR) is 116 cm³/mol. The zero-order valence-electron chi connectivity index (χ0n) is 15.7. The van der Waals surface area contributed by atoms with Crippen LogP contribution in [-0.4, -0.2) is 19.0 Å². The van der Waals surface area contributed by atoms with Gasteiger partial charge in [-0.2, -0.15) is 0 Å². The second-order valence-electron chi connectivity index (χ2n) is 8.11. The highest BCUT2D eigenvalue weighted by atomic mass is 35.5. The van der Waals surface area contributed by atoms with E-state index in [2.05, 4.69) is 4.72 Å². The third-order valence-corrected chi connectivity index (χ3v) is 8.93. The maximum atomic E-state index is 12.9. The lowest BCUT2D eigenvalue weighted by Gasteiger charge is -2.22. The molecule has 29 heavy (non-hydrogen) atoms. The summed E-state index contributed by atoms with van der Waals surface area (Å²) in [6, 6.07) is 12.4. The molecule has 1 aromatic heterocycles. The maximum absolute atomic E-state index is 12.9. The zero-order valence-corrected chi connectivity index (χ0v) is 18.1. The number of hydrogen-bond donors (Lipinski definition) is 1. The topological polar surface area (TPSA) is 68.2 Å². The van der Waals surface area contributed by atoms with E-state index in [4.69, 9.17) is 11.6 Å². The van der Waals surface area contributed by atoms with Crippen LogP contribution in [-0.2, 0) is 16.6 Å². The van der Waals surface area contributed by atoms with Crippen LogP contribution in [0.25, 0.3) is 10.2 Å². The lowest BCUT2D eigenvalue weighted by Crippen LogP contribution is -2.38. The standard InChI is InChI=1S/C21H21ClN2O3S2/c22-16-5-2-13(3-6-16)12-24-19-8-7-17(11-20(19)28-21(24)25)29(26,27)23-18-10-14-1-4-15(18)9-14/h2-3,5-8,11,14-15,18,23H,1,4,9-10,12H2/t14-,15-,18+/m1/s1. The van der Waals surface area contributed by atoms with Crippen LogP contribution in [0.5, 0.6) is 0 Å². The Morgan fingerprint density at radius 1 is 1.10 bits per heavy atom. The van der Waals surface area contributed by atoms with Crippen molar-refractivity contribution in [2.75, 3.05) is 0 Å². The van der Waals surface area contributed by atoms with E-state index in [1.54, 1.807) is 34.9 Å². The van der Waals surface area contributed by atoms with E-state index in [1.165, 1.54) is 6.42 Å². The van der Waals surface area contributed by atoms with Crippen molar-refractivity contribution >= 4 is 43.2 Å². The van der Waals surface area contributed by atoms with Gasteiger partial charge in [0.05, 0.1) is 21.7 Å². The normalized spacial score (nSPS) is 23.8. The van der Waals surface area contributed by atoms with Crippen molar-refractivity contribution in [2.45, 2.75) is 43.2 Å². The minimum atomic E-state index is -3.59. The van der Waals surface area contributed by atoms with E-state index >= 15 is 0 Å². The molecule has 8 heteroatoms. The molecule has 3 aromatic rings. The predicted octanol–water partition coefficient (Wildman–Crippen LogP) is 4.23. The Kier molecular flexibility index (Phi) is 4.81. The van der Waals surface area contributed by atoms with E-state index < -0.39 is 10.0 Å². The number of benzene rings is 2. The SMILES string of the molecule is O=c1sc2cc(S(=O)(=O)N[C@H]3C[C@@H]4CC[C@@H]3C4)ccc2n1Cc1ccc(Cl)cc1. The Morgan fingerprint density at radius 3 is 2.59 bits per heavy atom. The van der Waals surface area contributed by atoms with Crippen molar-refractivity contribution in [3.8, 4) is 0 Å². The van der Waals surface area contributed by atoms with Crippen molar-refractivity contribution in [1.29, 1.82) is 0 Å². The van der Waals surface area contributed by atoms with Gasteiger partial charge in [-0.3, -0.25) is 9.36 Å². The fourth-order valence-electron chi connectivity index (χ4n) is 4.79. The quantitative estimate of drug-likeness (QED) is 0.635. The first-order chi connectivity index (χ1) is 13.9. The monoisotopic (exact) mass is 448 g/mol. The summed E-state index contributed by atoms with van der Waals surface area (Å²) in [7, 11) is -3.59. The lowest BCUT2D eigenvalue weighted by atomic mass is 9.96. The van der Waals surface area contributed by atoms with Gasteiger partial charge in [0.15, 0.2) is 0 Å². The molecule has 2 fully saturated rings. The van der Waals surface area contributed by atoms with Crippen LogP contribution in [0.1, 0.15) is 31.2 Å². The van der Waals surface area contributed by atoms with E-state index in [-0.39, 0.29) is 15.8 Å². The van der Waals surface area contributed by atoms with Crippen LogP contribution in [0.15, 0.2) is 52.2 Å². The van der Waals surface area contributed by atoms with Gasteiger partial charge >= 0.3 is 4.87 Å². The first kappa shape index (κ1) is 19.3. The smallest absolute Gasteiger partial charge is 0.294 e. The molecule has 5 nitrogen and oxygen atoms in total. The van der Waals surface area contributed by atoms with Gasteiger partial charge in [-0.15, -0.1) is 0 Å². The Balaban J connectivity index is 1.43. The van der Waals surface area contributed by atoms with Crippen LogP contribution < -0.4 is 9.60 Å². The fourth-order valence-corrected chi connectivity index (χ4v) is 7.27. The van der Waals surface area contributed by atoms with Gasteiger partial charge in [-0.25, -0.2) is 13.1 Å². The molecule has 0 radical (unpaired) electrons. The second-order valence-corrected chi connectivity index (χ2v) is 11.3. The molecule has 0 saturated heterocycles. The number of halogens is 1. The van der Waals surface area contributed by atoms with Crippen LogP contribution >= 0.6 is 22.9 Å². The third-order valence-electron chi connectivity index (χ3n) is 6.25. The molecule has 0 aliphatic heterocycles. The Hall–Kier alpha value is -1.67. The van der Waals surface area contributed by atoms with E-state index in [0.717, 1.165) is 41.7 Å². The van der Waals surface area contributed by atoms with Crippen LogP contribution in [0.2, 0.25) is 5.02 Å². The molecule has 3 atom stereocenters. The summed E-state index contributed by atoms with van der Waals surface area (Å²) in [5.41, 5.74) is 1.71. The summed E-state index contributed by atoms with van der Waals surface area (Å²) in [5, 5.41) is 0.647. The molecule has 0 amide bonds. The average Bonchev–Trinajstić information content (AvgIpc) is 3.37. The second kappa shape index (κ2) is 7.23. The van der Waals surface area contributed by atoms with Crippen LogP contribution in [0.3, 0.4) is 0 Å². The summed E-state index contributed by atoms with van der Waals surface area (Å²) in [6.07, 6.45) is 4.42. The Labute approximate surface area is 178 Å². The van der Waals surface area contributed by atoms with Crippen molar-refractivity contribution < 1.29 is 8.42 Å². The number of aromatic nitrogens is 1. The van der Waals surface area contributed by atoms with Gasteiger partial charge in [0.1, 0.15) is 0 Å². The molecule has 2 aromatic carbocycles. The molecule has 2 aliphatic rings. The summed E-state index contributed by atoms with van der Waals surface area (Å²) in [6.45, 7) is 0.422. The molecule has 2 aliphatic carbocycles. The number of fused-ring (bicyclic) bond motifs is 3. The van der Waals surface area contributed by atoms with Gasteiger partial charge in [0, 0.05) is 11.1 Å². The van der Waals surface area contributed by atoms with Crippen molar-refractivity contribution in [2.24, 2.45) is 11.8 Å². The summed E-state index contributed by atoms with van der Waals surface area (Å²) >= 11 is 7.01. The highest BCUT2D eigenvalue weighted by Gasteiger charge is 2.41. The number of hydrogen-bond acceptors (Lipinski definition) is 4. The van der Waals surface area contributed by atoms with Crippen molar-refractivity contribution in [3.05, 3.63) is 62.7 Å². The molecule has 5 rings (SSSR count). The average molecular weight is 449 g/mol. The number of nitrogens with one attached hydrogen (secondary N) is 1. The highest BCUT2D eigenvalue weighted by molar-refractivity contribution is 7.89. The first-order valence-corrected chi connectivity index (χ1v) is 12.5. The third kappa shape index (κ3) is 3.65. The van der Waals surface area contributed by atoms with Gasteiger partial charge in [-0.1, -0.05) is 41.5 Å². The number of thiazole rings is 1. The summed E-state index contributed by atoms with van der Waals surface area (Å²) < 4.78 is 31.1.